The van der Waals surface area contributed by atoms with Crippen LogP contribution >= 0.6 is 0 Å². The molecule has 2 fully saturated rings. The molecular weight excluding hydrogens is 306 g/mol. The summed E-state index contributed by atoms with van der Waals surface area (Å²) in [5.74, 6) is 0.805. The Morgan fingerprint density at radius 2 is 2.00 bits per heavy atom. The normalized spacial score (nSPS) is 20.9. The SMILES string of the molecule is NC(=O)N1CCC[C@H](C(=O)NCc2ccc(N3CCCC3)nc2)C1. The summed E-state index contributed by atoms with van der Waals surface area (Å²) in [6.07, 6.45) is 5.88. The van der Waals surface area contributed by atoms with Crippen LogP contribution in [-0.2, 0) is 11.3 Å². The van der Waals surface area contributed by atoms with E-state index < -0.39 is 6.03 Å². The number of nitrogens with two attached hydrogens (primary N) is 1. The lowest BCUT2D eigenvalue weighted by molar-refractivity contribution is -0.126. The monoisotopic (exact) mass is 331 g/mol. The molecule has 7 heteroatoms. The van der Waals surface area contributed by atoms with Crippen LogP contribution in [0.2, 0.25) is 0 Å². The molecule has 24 heavy (non-hydrogen) atoms. The topological polar surface area (TPSA) is 91.6 Å². The van der Waals surface area contributed by atoms with Crippen LogP contribution in [0.4, 0.5) is 10.6 Å². The number of piperidine rings is 1. The molecule has 3 heterocycles. The Hall–Kier alpha value is -2.31. The van der Waals surface area contributed by atoms with Crippen LogP contribution < -0.4 is 16.0 Å². The molecule has 0 aromatic carbocycles. The summed E-state index contributed by atoms with van der Waals surface area (Å²) in [6.45, 7) is 3.65. The van der Waals surface area contributed by atoms with E-state index in [1.165, 1.54) is 12.8 Å². The number of rotatable bonds is 4. The van der Waals surface area contributed by atoms with Crippen LogP contribution in [0.15, 0.2) is 18.3 Å². The van der Waals surface area contributed by atoms with Crippen LogP contribution in [0.25, 0.3) is 0 Å². The van der Waals surface area contributed by atoms with Crippen LogP contribution in [0.3, 0.4) is 0 Å². The second kappa shape index (κ2) is 7.51. The number of carbonyl (C=O) groups excluding carboxylic acids is 2. The van der Waals surface area contributed by atoms with Crippen molar-refractivity contribution in [2.75, 3.05) is 31.1 Å². The molecule has 130 valence electrons. The third-order valence-electron chi connectivity index (χ3n) is 4.81. The van der Waals surface area contributed by atoms with Crippen molar-refractivity contribution in [3.63, 3.8) is 0 Å². The number of carbonyl (C=O) groups is 2. The Balaban J connectivity index is 1.49. The van der Waals surface area contributed by atoms with Gasteiger partial charge in [0, 0.05) is 38.9 Å². The van der Waals surface area contributed by atoms with Crippen molar-refractivity contribution in [1.29, 1.82) is 0 Å². The molecule has 1 aromatic heterocycles. The van der Waals surface area contributed by atoms with Gasteiger partial charge in [0.15, 0.2) is 0 Å². The predicted octanol–water partition coefficient (Wildman–Crippen LogP) is 1.09. The van der Waals surface area contributed by atoms with Gasteiger partial charge in [0.05, 0.1) is 5.92 Å². The highest BCUT2D eigenvalue weighted by molar-refractivity contribution is 5.80. The molecule has 2 aliphatic heterocycles. The summed E-state index contributed by atoms with van der Waals surface area (Å²) in [4.78, 5) is 31.9. The van der Waals surface area contributed by atoms with Gasteiger partial charge in [-0.3, -0.25) is 4.79 Å². The third-order valence-corrected chi connectivity index (χ3v) is 4.81. The van der Waals surface area contributed by atoms with Crippen LogP contribution in [0.1, 0.15) is 31.2 Å². The summed E-state index contributed by atoms with van der Waals surface area (Å²) in [6, 6.07) is 3.58. The van der Waals surface area contributed by atoms with Crippen molar-refractivity contribution < 1.29 is 9.59 Å². The minimum atomic E-state index is -0.450. The molecule has 0 spiro atoms. The van der Waals surface area contributed by atoms with Crippen molar-refractivity contribution in [3.8, 4) is 0 Å². The van der Waals surface area contributed by atoms with Gasteiger partial charge in [0.25, 0.3) is 0 Å². The van der Waals surface area contributed by atoms with Crippen molar-refractivity contribution in [1.82, 2.24) is 15.2 Å². The average Bonchev–Trinajstić information content (AvgIpc) is 3.15. The molecule has 1 aromatic rings. The van der Waals surface area contributed by atoms with E-state index in [2.05, 4.69) is 15.2 Å². The lowest BCUT2D eigenvalue weighted by atomic mass is 9.97. The van der Waals surface area contributed by atoms with Crippen molar-refractivity contribution in [3.05, 3.63) is 23.9 Å². The zero-order valence-corrected chi connectivity index (χ0v) is 13.9. The van der Waals surface area contributed by atoms with Gasteiger partial charge in [-0.2, -0.15) is 0 Å². The highest BCUT2D eigenvalue weighted by atomic mass is 16.2. The van der Waals surface area contributed by atoms with Gasteiger partial charge in [-0.05, 0) is 37.3 Å². The van der Waals surface area contributed by atoms with E-state index in [-0.39, 0.29) is 11.8 Å². The lowest BCUT2D eigenvalue weighted by Crippen LogP contribution is -2.47. The number of primary amides is 1. The zero-order chi connectivity index (χ0) is 16.9. The predicted molar refractivity (Wildman–Crippen MR) is 91.4 cm³/mol. The Morgan fingerprint density at radius 1 is 1.21 bits per heavy atom. The number of urea groups is 1. The van der Waals surface area contributed by atoms with Crippen molar-refractivity contribution in [2.24, 2.45) is 11.7 Å². The maximum absolute atomic E-state index is 12.3. The van der Waals surface area contributed by atoms with Gasteiger partial charge in [0.1, 0.15) is 5.82 Å². The highest BCUT2D eigenvalue weighted by Gasteiger charge is 2.27. The van der Waals surface area contributed by atoms with E-state index in [9.17, 15) is 9.59 Å². The summed E-state index contributed by atoms with van der Waals surface area (Å²) < 4.78 is 0. The van der Waals surface area contributed by atoms with Crippen LogP contribution in [0.5, 0.6) is 0 Å². The number of pyridine rings is 1. The standard InChI is InChI=1S/C17H25N5O2/c18-17(24)22-9-3-4-14(12-22)16(23)20-11-13-5-6-15(19-10-13)21-7-1-2-8-21/h5-6,10,14H,1-4,7-9,11-12H2,(H2,18,24)(H,20,23)/t14-/m0/s1. The summed E-state index contributed by atoms with van der Waals surface area (Å²) in [5, 5.41) is 2.95. The number of likely N-dealkylation sites (tertiary alicyclic amines) is 1. The van der Waals surface area contributed by atoms with Gasteiger partial charge in [0.2, 0.25) is 5.91 Å². The molecule has 0 aliphatic carbocycles. The number of nitrogens with one attached hydrogen (secondary N) is 1. The molecule has 2 saturated heterocycles. The fourth-order valence-corrected chi connectivity index (χ4v) is 3.38. The molecule has 3 amide bonds. The van der Waals surface area contributed by atoms with E-state index in [4.69, 9.17) is 5.73 Å². The summed E-state index contributed by atoms with van der Waals surface area (Å²) in [7, 11) is 0. The first-order valence-electron chi connectivity index (χ1n) is 8.65. The minimum Gasteiger partial charge on any atom is -0.357 e. The molecule has 1 atom stereocenters. The maximum atomic E-state index is 12.3. The number of hydrogen-bond acceptors (Lipinski definition) is 4. The van der Waals surface area contributed by atoms with Gasteiger partial charge < -0.3 is 20.9 Å². The Morgan fingerprint density at radius 3 is 2.67 bits per heavy atom. The van der Waals surface area contributed by atoms with Crippen LogP contribution in [-0.4, -0.2) is 48.0 Å². The molecule has 3 rings (SSSR count). The Bertz CT molecular complexity index is 583. The first-order valence-corrected chi connectivity index (χ1v) is 8.65. The number of amides is 3. The second-order valence-corrected chi connectivity index (χ2v) is 6.56. The molecule has 0 bridgehead atoms. The highest BCUT2D eigenvalue weighted by Crippen LogP contribution is 2.18. The van der Waals surface area contributed by atoms with Gasteiger partial charge in [-0.1, -0.05) is 6.07 Å². The van der Waals surface area contributed by atoms with E-state index in [0.717, 1.165) is 37.3 Å². The molecule has 0 unspecified atom stereocenters. The number of nitrogens with zero attached hydrogens (tertiary/aromatic N) is 3. The maximum Gasteiger partial charge on any atom is 0.314 e. The summed E-state index contributed by atoms with van der Waals surface area (Å²) in [5.41, 5.74) is 6.28. The molecule has 3 N–H and O–H groups in total. The average molecular weight is 331 g/mol. The largest absolute Gasteiger partial charge is 0.357 e. The van der Waals surface area contributed by atoms with Crippen molar-refractivity contribution >= 4 is 17.8 Å². The molecular formula is C17H25N5O2. The molecule has 0 radical (unpaired) electrons. The van der Waals surface area contributed by atoms with Crippen LogP contribution in [0, 0.1) is 5.92 Å². The second-order valence-electron chi connectivity index (χ2n) is 6.56. The third kappa shape index (κ3) is 3.96. The van der Waals surface area contributed by atoms with E-state index in [1.807, 2.05) is 18.3 Å². The van der Waals surface area contributed by atoms with Crippen molar-refractivity contribution in [2.45, 2.75) is 32.2 Å². The van der Waals surface area contributed by atoms with E-state index in [1.54, 1.807) is 4.90 Å². The van der Waals surface area contributed by atoms with E-state index >= 15 is 0 Å². The fraction of sp³-hybridized carbons (Fsp3) is 0.588. The first-order chi connectivity index (χ1) is 11.6. The van der Waals surface area contributed by atoms with Gasteiger partial charge >= 0.3 is 6.03 Å². The van der Waals surface area contributed by atoms with E-state index in [0.29, 0.717) is 19.6 Å². The number of aromatic nitrogens is 1. The zero-order valence-electron chi connectivity index (χ0n) is 13.9. The minimum absolute atomic E-state index is 0.0235. The van der Waals surface area contributed by atoms with Gasteiger partial charge in [-0.25, -0.2) is 9.78 Å². The first kappa shape index (κ1) is 16.5. The Labute approximate surface area is 142 Å². The number of hydrogen-bond donors (Lipinski definition) is 2. The van der Waals surface area contributed by atoms with Gasteiger partial charge in [-0.15, -0.1) is 0 Å². The molecule has 2 aliphatic rings. The molecule has 7 nitrogen and oxygen atoms in total. The quantitative estimate of drug-likeness (QED) is 0.864. The lowest BCUT2D eigenvalue weighted by Gasteiger charge is -2.30. The number of anilines is 1. The molecule has 0 saturated carbocycles. The smallest absolute Gasteiger partial charge is 0.314 e. The Kier molecular flexibility index (Phi) is 5.17. The summed E-state index contributed by atoms with van der Waals surface area (Å²) >= 11 is 0. The fourth-order valence-electron chi connectivity index (χ4n) is 3.38.